The van der Waals surface area contributed by atoms with Gasteiger partial charge in [0.25, 0.3) is 0 Å². The molecular formula is C30H30F3N5O3. The molecule has 2 saturated heterocycles. The third kappa shape index (κ3) is 4.62. The van der Waals surface area contributed by atoms with Crippen molar-refractivity contribution in [2.24, 2.45) is 0 Å². The summed E-state index contributed by atoms with van der Waals surface area (Å²) in [6, 6.07) is 9.70. The molecular weight excluding hydrogens is 535 g/mol. The van der Waals surface area contributed by atoms with Gasteiger partial charge in [0, 0.05) is 42.9 Å². The number of amides is 1. The average Bonchev–Trinajstić information content (AvgIpc) is 3.53. The van der Waals surface area contributed by atoms with Crippen LogP contribution in [0.4, 0.5) is 19.0 Å². The highest BCUT2D eigenvalue weighted by Gasteiger charge is 2.39. The summed E-state index contributed by atoms with van der Waals surface area (Å²) in [5.41, 5.74) is 6.11. The number of rotatable bonds is 5. The van der Waals surface area contributed by atoms with Gasteiger partial charge in [-0.2, -0.15) is 13.2 Å². The molecule has 2 aromatic carbocycles. The highest BCUT2D eigenvalue weighted by molar-refractivity contribution is 5.87. The van der Waals surface area contributed by atoms with Crippen LogP contribution in [0.25, 0.3) is 16.8 Å². The molecule has 2 aromatic heterocycles. The first kappa shape index (κ1) is 27.2. The number of piperidine rings is 1. The summed E-state index contributed by atoms with van der Waals surface area (Å²) >= 11 is 0. The second-order valence-electron chi connectivity index (χ2n) is 11.0. The summed E-state index contributed by atoms with van der Waals surface area (Å²) in [6.07, 6.45) is 2.02. The Hall–Kier alpha value is -3.96. The molecule has 2 aliphatic heterocycles. The molecule has 0 aliphatic carbocycles. The number of anilines is 1. The summed E-state index contributed by atoms with van der Waals surface area (Å²) in [5, 5.41) is 21.7. The van der Waals surface area contributed by atoms with E-state index in [-0.39, 0.29) is 29.2 Å². The average molecular weight is 566 g/mol. The van der Waals surface area contributed by atoms with E-state index in [0.717, 1.165) is 37.2 Å². The maximum atomic E-state index is 13.3. The minimum absolute atomic E-state index is 0.0187. The number of hydrogen-bond donors (Lipinski definition) is 3. The summed E-state index contributed by atoms with van der Waals surface area (Å²) in [4.78, 5) is 23.7. The predicted octanol–water partition coefficient (Wildman–Crippen LogP) is 4.61. The zero-order chi connectivity index (χ0) is 29.1. The van der Waals surface area contributed by atoms with Crippen molar-refractivity contribution >= 4 is 17.2 Å². The number of aliphatic hydroxyl groups is 2. The summed E-state index contributed by atoms with van der Waals surface area (Å²) in [7, 11) is 0. The van der Waals surface area contributed by atoms with Gasteiger partial charge in [0.15, 0.2) is 0 Å². The van der Waals surface area contributed by atoms with E-state index in [0.29, 0.717) is 40.9 Å². The van der Waals surface area contributed by atoms with E-state index in [1.54, 1.807) is 30.6 Å². The molecule has 1 unspecified atom stereocenters. The van der Waals surface area contributed by atoms with Gasteiger partial charge >= 0.3 is 6.18 Å². The molecule has 0 radical (unpaired) electrons. The van der Waals surface area contributed by atoms with E-state index >= 15 is 0 Å². The molecule has 8 nitrogen and oxygen atoms in total. The third-order valence-corrected chi connectivity index (χ3v) is 8.54. The second kappa shape index (κ2) is 9.85. The van der Waals surface area contributed by atoms with Gasteiger partial charge in [-0.25, -0.2) is 9.97 Å². The molecule has 41 heavy (non-hydrogen) atoms. The lowest BCUT2D eigenvalue weighted by molar-refractivity contribution is -0.137. The van der Waals surface area contributed by atoms with E-state index in [2.05, 4.69) is 4.98 Å². The van der Waals surface area contributed by atoms with E-state index < -0.39 is 23.9 Å². The second-order valence-corrected chi connectivity index (χ2v) is 11.0. The molecule has 214 valence electrons. The number of imidazole rings is 1. The van der Waals surface area contributed by atoms with E-state index in [4.69, 9.17) is 10.7 Å². The van der Waals surface area contributed by atoms with Gasteiger partial charge in [-0.1, -0.05) is 24.3 Å². The third-order valence-electron chi connectivity index (χ3n) is 8.54. The molecule has 6 rings (SSSR count). The molecule has 4 N–H and O–H groups in total. The fraction of sp³-hybridized carbons (Fsp3) is 0.367. The predicted molar refractivity (Wildman–Crippen MR) is 146 cm³/mol. The standard InChI is InChI=1S/C30H30F3N5O3/c1-29(41,19-3-2-4-21(14-19)30(31,32)33)20-6-9-23(18(13-20)16-39)25-26-27(34)35-11-12-37(26)28(36-25)17-5-7-22-8-10-24(40)38(22)15-17/h2-4,6,9,11-14,17,22,39,41H,5,7-8,10,15-16H2,1H3,(H2,34,35)/t17-,22+,29?/m1/s1. The summed E-state index contributed by atoms with van der Waals surface area (Å²) < 4.78 is 41.9. The van der Waals surface area contributed by atoms with Crippen LogP contribution in [0.2, 0.25) is 0 Å². The molecule has 0 spiro atoms. The Kier molecular flexibility index (Phi) is 6.54. The number of carbonyl (C=O) groups excluding carboxylic acids is 1. The monoisotopic (exact) mass is 565 g/mol. The Morgan fingerprint density at radius 1 is 1.07 bits per heavy atom. The summed E-state index contributed by atoms with van der Waals surface area (Å²) in [5.74, 6) is 1.13. The number of fused-ring (bicyclic) bond motifs is 2. The number of carbonyl (C=O) groups is 1. The van der Waals surface area contributed by atoms with Gasteiger partial charge in [-0.05, 0) is 61.1 Å². The number of benzene rings is 2. The number of nitrogens with zero attached hydrogens (tertiary/aromatic N) is 4. The molecule has 1 amide bonds. The number of aliphatic hydroxyl groups excluding tert-OH is 1. The number of alkyl halides is 3. The molecule has 0 saturated carbocycles. The highest BCUT2D eigenvalue weighted by Crippen LogP contribution is 2.40. The van der Waals surface area contributed by atoms with E-state index in [1.165, 1.54) is 19.1 Å². The van der Waals surface area contributed by atoms with Gasteiger partial charge in [-0.15, -0.1) is 0 Å². The fourth-order valence-electron chi connectivity index (χ4n) is 6.26. The first-order valence-electron chi connectivity index (χ1n) is 13.6. The number of nitrogen functional groups attached to an aromatic ring is 1. The maximum Gasteiger partial charge on any atom is 0.416 e. The maximum absolute atomic E-state index is 13.3. The first-order valence-corrected chi connectivity index (χ1v) is 13.6. The Labute approximate surface area is 234 Å². The number of halogens is 3. The van der Waals surface area contributed by atoms with Crippen molar-refractivity contribution in [3.8, 4) is 11.3 Å². The fourth-order valence-corrected chi connectivity index (χ4v) is 6.26. The van der Waals surface area contributed by atoms with Crippen LogP contribution in [-0.2, 0) is 23.2 Å². The minimum Gasteiger partial charge on any atom is -0.392 e. The minimum atomic E-state index is -4.55. The quantitative estimate of drug-likeness (QED) is 0.325. The van der Waals surface area contributed by atoms with Crippen LogP contribution >= 0.6 is 0 Å². The molecule has 2 fully saturated rings. The van der Waals surface area contributed by atoms with Crippen molar-refractivity contribution in [3.05, 3.63) is 82.9 Å². The van der Waals surface area contributed by atoms with Gasteiger partial charge in [0.1, 0.15) is 28.5 Å². The van der Waals surface area contributed by atoms with Gasteiger partial charge in [0.05, 0.1) is 12.2 Å². The van der Waals surface area contributed by atoms with E-state index in [1.807, 2.05) is 9.30 Å². The van der Waals surface area contributed by atoms with Crippen LogP contribution in [0, 0.1) is 0 Å². The van der Waals surface area contributed by atoms with Gasteiger partial charge in [-0.3, -0.25) is 9.20 Å². The molecule has 4 aromatic rings. The topological polar surface area (TPSA) is 117 Å². The van der Waals surface area contributed by atoms with E-state index in [9.17, 15) is 28.2 Å². The lowest BCUT2D eigenvalue weighted by Gasteiger charge is -2.34. The molecule has 2 aliphatic rings. The normalized spacial score (nSPS) is 20.8. The van der Waals surface area contributed by atoms with Gasteiger partial charge in [0.2, 0.25) is 5.91 Å². The molecule has 3 atom stereocenters. The van der Waals surface area contributed by atoms with Crippen molar-refractivity contribution in [1.29, 1.82) is 0 Å². The number of aromatic nitrogens is 3. The molecule has 11 heteroatoms. The van der Waals surface area contributed by atoms with Crippen molar-refractivity contribution < 1.29 is 28.2 Å². The summed E-state index contributed by atoms with van der Waals surface area (Å²) in [6.45, 7) is 1.57. The van der Waals surface area contributed by atoms with Crippen molar-refractivity contribution in [3.63, 3.8) is 0 Å². The largest absolute Gasteiger partial charge is 0.416 e. The molecule has 4 heterocycles. The van der Waals surface area contributed by atoms with Gasteiger partial charge < -0.3 is 20.8 Å². The van der Waals surface area contributed by atoms with Crippen LogP contribution in [0.15, 0.2) is 54.9 Å². The Balaban J connectivity index is 1.42. The zero-order valence-electron chi connectivity index (χ0n) is 22.4. The molecule has 0 bridgehead atoms. The number of hydrogen-bond acceptors (Lipinski definition) is 6. The van der Waals surface area contributed by atoms with Crippen molar-refractivity contribution in [2.45, 2.75) is 63.0 Å². The Morgan fingerprint density at radius 2 is 1.83 bits per heavy atom. The van der Waals surface area contributed by atoms with Crippen LogP contribution in [0.3, 0.4) is 0 Å². The van der Waals surface area contributed by atoms with Crippen molar-refractivity contribution in [1.82, 2.24) is 19.3 Å². The van der Waals surface area contributed by atoms with Crippen LogP contribution in [-0.4, -0.2) is 48.0 Å². The number of nitrogens with two attached hydrogens (primary N) is 1. The smallest absolute Gasteiger partial charge is 0.392 e. The SMILES string of the molecule is CC(O)(c1cccc(C(F)(F)F)c1)c1ccc(-c2nc([C@@H]3CC[C@H]4CCC(=O)N4C3)n3ccnc(N)c23)c(CO)c1. The van der Waals surface area contributed by atoms with Crippen LogP contribution < -0.4 is 5.73 Å². The highest BCUT2D eigenvalue weighted by atomic mass is 19.4. The Bertz CT molecular complexity index is 1650. The van der Waals surface area contributed by atoms with Crippen LogP contribution in [0.1, 0.15) is 66.6 Å². The lowest BCUT2D eigenvalue weighted by Crippen LogP contribution is -2.41. The Morgan fingerprint density at radius 3 is 2.59 bits per heavy atom. The first-order chi connectivity index (χ1) is 19.5. The zero-order valence-corrected chi connectivity index (χ0v) is 22.4. The van der Waals surface area contributed by atoms with Crippen LogP contribution in [0.5, 0.6) is 0 Å². The van der Waals surface area contributed by atoms with Crippen molar-refractivity contribution in [2.75, 3.05) is 12.3 Å². The lowest BCUT2D eigenvalue weighted by atomic mass is 9.85.